The van der Waals surface area contributed by atoms with E-state index in [1.807, 2.05) is 0 Å². The molecule has 0 amide bonds. The molecule has 0 bridgehead atoms. The van der Waals surface area contributed by atoms with Crippen LogP contribution in [-0.4, -0.2) is 0 Å². The Labute approximate surface area is 441 Å². The van der Waals surface area contributed by atoms with Gasteiger partial charge in [0.2, 0.25) is 0 Å². The lowest BCUT2D eigenvalue weighted by Crippen LogP contribution is -2.24. The van der Waals surface area contributed by atoms with Gasteiger partial charge in [-0.3, -0.25) is 0 Å². The minimum atomic E-state index is -0.263. The summed E-state index contributed by atoms with van der Waals surface area (Å²) in [6, 6.07) is 96.2. The van der Waals surface area contributed by atoms with Crippen molar-refractivity contribution in [3.05, 3.63) is 305 Å². The van der Waals surface area contributed by atoms with Gasteiger partial charge >= 0.3 is 0 Å². The highest BCUT2D eigenvalue weighted by atomic mass is 15.1. The van der Waals surface area contributed by atoms with Crippen molar-refractivity contribution in [3.8, 4) is 66.8 Å². The first-order valence-corrected chi connectivity index (χ1v) is 26.8. The van der Waals surface area contributed by atoms with Crippen molar-refractivity contribution >= 4 is 17.1 Å². The van der Waals surface area contributed by atoms with E-state index in [2.05, 4.69) is 280 Å². The number of hydrogen-bond donors (Lipinski definition) is 0. The van der Waals surface area contributed by atoms with Crippen LogP contribution < -0.4 is 4.90 Å². The Balaban J connectivity index is 0.856. The van der Waals surface area contributed by atoms with Gasteiger partial charge in [-0.25, -0.2) is 0 Å². The maximum absolute atomic E-state index is 2.52. The SMILES string of the molecule is CC1(C)c2ccccc2-c2cccc(-c3ccccc3-c3ccc(N(c4ccc(-c5ccc6c(c5)C(C)(c5ccccc5)c5ccccc5-6)cc4)c4ccc5c(c4)C4(CCc6ccccc64)c4ccccc4-5)cc3)c21. The number of benzene rings is 11. The number of rotatable bonds is 7. The Morgan fingerprint density at radius 2 is 0.787 bits per heavy atom. The summed E-state index contributed by atoms with van der Waals surface area (Å²) < 4.78 is 0. The Bertz CT molecular complexity index is 4100. The Kier molecular flexibility index (Phi) is 9.55. The van der Waals surface area contributed by atoms with Crippen LogP contribution in [-0.2, 0) is 22.7 Å². The van der Waals surface area contributed by atoms with Crippen LogP contribution in [0.1, 0.15) is 77.3 Å². The smallest absolute Gasteiger partial charge is 0.0470 e. The molecule has 1 heteroatoms. The van der Waals surface area contributed by atoms with E-state index < -0.39 is 0 Å². The summed E-state index contributed by atoms with van der Waals surface area (Å²) in [6.45, 7) is 7.17. The van der Waals surface area contributed by atoms with E-state index in [1.54, 1.807) is 0 Å². The van der Waals surface area contributed by atoms with Gasteiger partial charge in [0.25, 0.3) is 0 Å². The normalized spacial score (nSPS) is 17.6. The lowest BCUT2D eigenvalue weighted by molar-refractivity contribution is 0.626. The second kappa shape index (κ2) is 16.4. The molecule has 1 spiro atoms. The highest BCUT2D eigenvalue weighted by Crippen LogP contribution is 2.60. The molecule has 0 aliphatic heterocycles. The number of aryl methyl sites for hydroxylation is 1. The van der Waals surface area contributed by atoms with E-state index in [9.17, 15) is 0 Å². The van der Waals surface area contributed by atoms with Crippen molar-refractivity contribution in [2.24, 2.45) is 0 Å². The second-order valence-corrected chi connectivity index (χ2v) is 22.0. The van der Waals surface area contributed by atoms with Crippen molar-refractivity contribution < 1.29 is 0 Å². The summed E-state index contributed by atoms with van der Waals surface area (Å²) in [6.07, 6.45) is 2.13. The molecule has 1 nitrogen and oxygen atoms in total. The molecule has 0 radical (unpaired) electrons. The molecule has 2 unspecified atom stereocenters. The first-order valence-electron chi connectivity index (χ1n) is 26.8. The topological polar surface area (TPSA) is 3.24 Å². The first-order chi connectivity index (χ1) is 36.8. The highest BCUT2D eigenvalue weighted by molar-refractivity contribution is 5.94. The molecule has 0 saturated heterocycles. The van der Waals surface area contributed by atoms with Gasteiger partial charge in [0.05, 0.1) is 0 Å². The molecule has 4 aliphatic carbocycles. The molecule has 356 valence electrons. The molecule has 11 aromatic carbocycles. The minimum Gasteiger partial charge on any atom is -0.310 e. The summed E-state index contributed by atoms with van der Waals surface area (Å²) in [5, 5.41) is 0. The van der Waals surface area contributed by atoms with Crippen LogP contribution >= 0.6 is 0 Å². The summed E-state index contributed by atoms with van der Waals surface area (Å²) in [4.78, 5) is 2.48. The van der Waals surface area contributed by atoms with Crippen LogP contribution in [0.15, 0.2) is 255 Å². The van der Waals surface area contributed by atoms with Gasteiger partial charge in [-0.2, -0.15) is 0 Å². The van der Waals surface area contributed by atoms with Crippen LogP contribution in [0.4, 0.5) is 17.1 Å². The number of anilines is 3. The van der Waals surface area contributed by atoms with Crippen LogP contribution in [0.3, 0.4) is 0 Å². The quantitative estimate of drug-likeness (QED) is 0.154. The van der Waals surface area contributed by atoms with Crippen LogP contribution in [0.5, 0.6) is 0 Å². The Hall–Kier alpha value is -8.78. The van der Waals surface area contributed by atoms with Crippen molar-refractivity contribution in [2.45, 2.75) is 49.9 Å². The van der Waals surface area contributed by atoms with Gasteiger partial charge in [0.15, 0.2) is 0 Å². The molecule has 0 aromatic heterocycles. The van der Waals surface area contributed by atoms with E-state index in [-0.39, 0.29) is 16.2 Å². The fourth-order valence-corrected chi connectivity index (χ4v) is 14.5. The van der Waals surface area contributed by atoms with Gasteiger partial charge < -0.3 is 4.90 Å². The van der Waals surface area contributed by atoms with E-state index >= 15 is 0 Å². The van der Waals surface area contributed by atoms with Crippen LogP contribution in [0, 0.1) is 0 Å². The van der Waals surface area contributed by atoms with Crippen LogP contribution in [0.25, 0.3) is 66.8 Å². The summed E-state index contributed by atoms with van der Waals surface area (Å²) >= 11 is 0. The maximum atomic E-state index is 2.52. The van der Waals surface area contributed by atoms with Gasteiger partial charge in [0.1, 0.15) is 0 Å². The fraction of sp³-hybridized carbons (Fsp3) is 0.108. The van der Waals surface area contributed by atoms with Crippen LogP contribution in [0.2, 0.25) is 0 Å². The zero-order chi connectivity index (χ0) is 50.0. The van der Waals surface area contributed by atoms with Gasteiger partial charge in [-0.1, -0.05) is 226 Å². The molecular formula is C74H55N. The monoisotopic (exact) mass is 957 g/mol. The van der Waals surface area contributed by atoms with Gasteiger partial charge in [-0.05, 0) is 179 Å². The number of fused-ring (bicyclic) bond motifs is 13. The predicted molar refractivity (Wildman–Crippen MR) is 313 cm³/mol. The number of hydrogen-bond acceptors (Lipinski definition) is 1. The fourth-order valence-electron chi connectivity index (χ4n) is 14.5. The van der Waals surface area contributed by atoms with Crippen molar-refractivity contribution in [2.75, 3.05) is 4.90 Å². The number of nitrogens with zero attached hydrogens (tertiary/aromatic N) is 1. The van der Waals surface area contributed by atoms with Crippen molar-refractivity contribution in [1.82, 2.24) is 0 Å². The Morgan fingerprint density at radius 1 is 0.307 bits per heavy atom. The lowest BCUT2D eigenvalue weighted by Gasteiger charge is -2.31. The summed E-state index contributed by atoms with van der Waals surface area (Å²) in [7, 11) is 0. The molecule has 0 N–H and O–H groups in total. The average molecular weight is 958 g/mol. The lowest BCUT2D eigenvalue weighted by atomic mass is 9.73. The second-order valence-electron chi connectivity index (χ2n) is 22.0. The molecule has 11 aromatic rings. The maximum Gasteiger partial charge on any atom is 0.0470 e. The molecule has 0 saturated carbocycles. The van der Waals surface area contributed by atoms with E-state index in [4.69, 9.17) is 0 Å². The summed E-state index contributed by atoms with van der Waals surface area (Å²) in [5.41, 5.74) is 30.8. The third-order valence-electron chi connectivity index (χ3n) is 18.0. The van der Waals surface area contributed by atoms with Crippen molar-refractivity contribution in [3.63, 3.8) is 0 Å². The Morgan fingerprint density at radius 3 is 1.51 bits per heavy atom. The predicted octanol–water partition coefficient (Wildman–Crippen LogP) is 19.1. The zero-order valence-electron chi connectivity index (χ0n) is 42.6. The van der Waals surface area contributed by atoms with E-state index in [1.165, 1.54) is 117 Å². The minimum absolute atomic E-state index is 0.124. The van der Waals surface area contributed by atoms with Crippen molar-refractivity contribution in [1.29, 1.82) is 0 Å². The van der Waals surface area contributed by atoms with Gasteiger partial charge in [-0.15, -0.1) is 0 Å². The molecule has 75 heavy (non-hydrogen) atoms. The molecule has 0 heterocycles. The first kappa shape index (κ1) is 43.8. The van der Waals surface area contributed by atoms with Gasteiger partial charge in [0, 0.05) is 33.3 Å². The molecule has 0 fully saturated rings. The van der Waals surface area contributed by atoms with E-state index in [0.717, 1.165) is 29.9 Å². The third kappa shape index (κ3) is 6.25. The highest BCUT2D eigenvalue weighted by Gasteiger charge is 2.48. The standard InChI is InChI=1S/C74H55N/c1-72(2)66-29-14-10-25-60(66)64-27-17-26-63(71(64)72)57-22-9-8-21-56(57)49-34-39-54(40-35-49)75(55-41-43-62-59-24-12-16-31-68(59)74(70(62)47-55)45-44-50-18-7-13-28-65(50)74)53-37-32-48(33-38-53)51-36-42-61-58-23-11-15-30-67(58)73(3,69(61)46-51)52-19-5-4-6-20-52/h4-43,46-47H,44-45H2,1-3H3. The molecule has 4 aliphatic rings. The summed E-state index contributed by atoms with van der Waals surface area (Å²) in [5.74, 6) is 0. The average Bonchev–Trinajstić information content (AvgIpc) is 4.18. The van der Waals surface area contributed by atoms with E-state index in [0.29, 0.717) is 0 Å². The third-order valence-corrected chi connectivity index (χ3v) is 18.0. The molecular weight excluding hydrogens is 903 g/mol. The molecule has 15 rings (SSSR count). The molecule has 2 atom stereocenters. The zero-order valence-corrected chi connectivity index (χ0v) is 42.6. The largest absolute Gasteiger partial charge is 0.310 e.